The summed E-state index contributed by atoms with van der Waals surface area (Å²) in [5, 5.41) is 3.73. The summed E-state index contributed by atoms with van der Waals surface area (Å²) in [6, 6.07) is 4.04. The summed E-state index contributed by atoms with van der Waals surface area (Å²) in [5.41, 5.74) is 2.09. The molecule has 0 spiro atoms. The predicted molar refractivity (Wildman–Crippen MR) is 53.0 cm³/mol. The van der Waals surface area contributed by atoms with Gasteiger partial charge >= 0.3 is 0 Å². The van der Waals surface area contributed by atoms with Gasteiger partial charge in [0.25, 0.3) is 0 Å². The van der Waals surface area contributed by atoms with Crippen molar-refractivity contribution in [2.24, 2.45) is 0 Å². The minimum atomic E-state index is 0.644. The molecule has 2 aromatic rings. The molecule has 13 heavy (non-hydrogen) atoms. The zero-order valence-electron chi connectivity index (χ0n) is 7.29. The van der Waals surface area contributed by atoms with E-state index in [2.05, 4.69) is 10.3 Å². The molecule has 2 aromatic heterocycles. The molecule has 0 aliphatic heterocycles. The van der Waals surface area contributed by atoms with Crippen LogP contribution in [0.5, 0.6) is 0 Å². The largest absolute Gasteiger partial charge is 0.316 e. The Balaban J connectivity index is 2.50. The summed E-state index contributed by atoms with van der Waals surface area (Å²) in [6.07, 6.45) is 3.58. The normalized spacial score (nSPS) is 10.9. The van der Waals surface area contributed by atoms with Crippen LogP contribution in [-0.4, -0.2) is 16.4 Å². The molecule has 0 saturated heterocycles. The lowest BCUT2D eigenvalue weighted by molar-refractivity contribution is 0.816. The molecular formula is C9H10ClN3. The zero-order chi connectivity index (χ0) is 9.26. The van der Waals surface area contributed by atoms with Crippen molar-refractivity contribution in [1.82, 2.24) is 14.7 Å². The fraction of sp³-hybridized carbons (Fsp3) is 0.222. The number of hydrogen-bond donors (Lipinski definition) is 1. The van der Waals surface area contributed by atoms with E-state index in [1.807, 2.05) is 29.8 Å². The minimum Gasteiger partial charge on any atom is -0.316 e. The average Bonchev–Trinajstić information content (AvgIpc) is 2.48. The van der Waals surface area contributed by atoms with E-state index in [-0.39, 0.29) is 0 Å². The fourth-order valence-electron chi connectivity index (χ4n) is 1.31. The summed E-state index contributed by atoms with van der Waals surface area (Å²) < 4.78 is 1.85. The Bertz CT molecular complexity index is 422. The van der Waals surface area contributed by atoms with Crippen LogP contribution in [0.25, 0.3) is 5.65 Å². The molecule has 1 N–H and O–H groups in total. The standard InChI is InChI=1S/C9H10ClN3/c1-11-5-7-2-3-13-8(10)6-12-9(13)4-7/h2-4,6,11H,5H2,1H3. The summed E-state index contributed by atoms with van der Waals surface area (Å²) in [6.45, 7) is 0.848. The molecule has 0 atom stereocenters. The summed E-state index contributed by atoms with van der Waals surface area (Å²) in [4.78, 5) is 4.16. The first-order valence-corrected chi connectivity index (χ1v) is 4.45. The maximum absolute atomic E-state index is 5.89. The number of nitrogens with zero attached hydrogens (tertiary/aromatic N) is 2. The van der Waals surface area contributed by atoms with E-state index in [1.54, 1.807) is 6.20 Å². The summed E-state index contributed by atoms with van der Waals surface area (Å²) in [5.74, 6) is 0. The molecule has 0 fully saturated rings. The van der Waals surface area contributed by atoms with Crippen LogP contribution >= 0.6 is 11.6 Å². The summed E-state index contributed by atoms with van der Waals surface area (Å²) >= 11 is 5.89. The average molecular weight is 196 g/mol. The van der Waals surface area contributed by atoms with Crippen molar-refractivity contribution < 1.29 is 0 Å². The number of rotatable bonds is 2. The fourth-order valence-corrected chi connectivity index (χ4v) is 1.50. The molecule has 0 bridgehead atoms. The molecule has 4 heteroatoms. The maximum atomic E-state index is 5.89. The molecule has 2 heterocycles. The topological polar surface area (TPSA) is 29.3 Å². The van der Waals surface area contributed by atoms with E-state index in [4.69, 9.17) is 11.6 Å². The molecule has 68 valence electrons. The number of nitrogens with one attached hydrogen (secondary N) is 1. The van der Waals surface area contributed by atoms with Crippen molar-refractivity contribution >= 4 is 17.2 Å². The van der Waals surface area contributed by atoms with Crippen molar-refractivity contribution in [3.05, 3.63) is 35.2 Å². The third kappa shape index (κ3) is 1.53. The minimum absolute atomic E-state index is 0.644. The van der Waals surface area contributed by atoms with Crippen molar-refractivity contribution in [2.75, 3.05) is 7.05 Å². The van der Waals surface area contributed by atoms with Gasteiger partial charge < -0.3 is 5.32 Å². The quantitative estimate of drug-likeness (QED) is 0.791. The number of pyridine rings is 1. The Morgan fingerprint density at radius 1 is 1.62 bits per heavy atom. The smallest absolute Gasteiger partial charge is 0.138 e. The molecule has 0 radical (unpaired) electrons. The van der Waals surface area contributed by atoms with Crippen LogP contribution in [0.1, 0.15) is 5.56 Å². The highest BCUT2D eigenvalue weighted by Gasteiger charge is 2.00. The Kier molecular flexibility index (Phi) is 2.20. The van der Waals surface area contributed by atoms with E-state index < -0.39 is 0 Å². The molecular weight excluding hydrogens is 186 g/mol. The first-order chi connectivity index (χ1) is 6.31. The van der Waals surface area contributed by atoms with Crippen LogP contribution in [0.15, 0.2) is 24.5 Å². The van der Waals surface area contributed by atoms with E-state index >= 15 is 0 Å². The second-order valence-corrected chi connectivity index (χ2v) is 3.26. The van der Waals surface area contributed by atoms with E-state index in [9.17, 15) is 0 Å². The van der Waals surface area contributed by atoms with Crippen molar-refractivity contribution in [1.29, 1.82) is 0 Å². The van der Waals surface area contributed by atoms with Crippen LogP contribution in [0, 0.1) is 0 Å². The lowest BCUT2D eigenvalue weighted by atomic mass is 10.2. The van der Waals surface area contributed by atoms with Crippen LogP contribution in [0.3, 0.4) is 0 Å². The molecule has 0 amide bonds. The lowest BCUT2D eigenvalue weighted by Crippen LogP contribution is -2.05. The Morgan fingerprint density at radius 2 is 2.46 bits per heavy atom. The van der Waals surface area contributed by atoms with Crippen molar-refractivity contribution in [2.45, 2.75) is 6.54 Å². The van der Waals surface area contributed by atoms with Crippen molar-refractivity contribution in [3.8, 4) is 0 Å². The van der Waals surface area contributed by atoms with Gasteiger partial charge in [-0.3, -0.25) is 4.40 Å². The van der Waals surface area contributed by atoms with E-state index in [0.29, 0.717) is 5.15 Å². The Hall–Kier alpha value is -1.06. The molecule has 3 nitrogen and oxygen atoms in total. The van der Waals surface area contributed by atoms with Gasteiger partial charge in [0, 0.05) is 12.7 Å². The van der Waals surface area contributed by atoms with Crippen LogP contribution in [0.2, 0.25) is 5.15 Å². The summed E-state index contributed by atoms with van der Waals surface area (Å²) in [7, 11) is 1.92. The van der Waals surface area contributed by atoms with Gasteiger partial charge in [0.15, 0.2) is 0 Å². The van der Waals surface area contributed by atoms with E-state index in [0.717, 1.165) is 12.2 Å². The molecule has 2 rings (SSSR count). The van der Waals surface area contributed by atoms with Gasteiger partial charge in [-0.25, -0.2) is 4.98 Å². The van der Waals surface area contributed by atoms with E-state index in [1.165, 1.54) is 5.56 Å². The third-order valence-electron chi connectivity index (χ3n) is 1.91. The van der Waals surface area contributed by atoms with Gasteiger partial charge in [0.1, 0.15) is 10.8 Å². The maximum Gasteiger partial charge on any atom is 0.138 e. The molecule has 0 saturated carbocycles. The number of hydrogen-bond acceptors (Lipinski definition) is 2. The molecule has 0 aromatic carbocycles. The first-order valence-electron chi connectivity index (χ1n) is 4.07. The SMILES string of the molecule is CNCc1ccn2c(Cl)cnc2c1. The van der Waals surface area contributed by atoms with Gasteiger partial charge in [-0.2, -0.15) is 0 Å². The second kappa shape index (κ2) is 3.36. The lowest BCUT2D eigenvalue weighted by Gasteiger charge is -2.00. The zero-order valence-corrected chi connectivity index (χ0v) is 8.04. The van der Waals surface area contributed by atoms with Crippen LogP contribution in [-0.2, 0) is 6.54 Å². The van der Waals surface area contributed by atoms with Gasteiger partial charge in [-0.15, -0.1) is 0 Å². The highest BCUT2D eigenvalue weighted by Crippen LogP contribution is 2.13. The first kappa shape index (κ1) is 8.53. The monoisotopic (exact) mass is 195 g/mol. The highest BCUT2D eigenvalue weighted by molar-refractivity contribution is 6.29. The molecule has 0 aliphatic rings. The van der Waals surface area contributed by atoms with Gasteiger partial charge in [0.2, 0.25) is 0 Å². The van der Waals surface area contributed by atoms with Crippen molar-refractivity contribution in [3.63, 3.8) is 0 Å². The number of imidazole rings is 1. The van der Waals surface area contributed by atoms with Gasteiger partial charge in [0.05, 0.1) is 6.20 Å². The third-order valence-corrected chi connectivity index (χ3v) is 2.19. The number of fused-ring (bicyclic) bond motifs is 1. The Morgan fingerprint density at radius 3 is 3.23 bits per heavy atom. The number of halogens is 1. The predicted octanol–water partition coefficient (Wildman–Crippen LogP) is 1.71. The Labute approximate surface area is 81.4 Å². The second-order valence-electron chi connectivity index (χ2n) is 2.87. The van der Waals surface area contributed by atoms with Crippen LogP contribution < -0.4 is 5.32 Å². The van der Waals surface area contributed by atoms with Gasteiger partial charge in [-0.05, 0) is 24.7 Å². The number of aromatic nitrogens is 2. The van der Waals surface area contributed by atoms with Gasteiger partial charge in [-0.1, -0.05) is 11.6 Å². The molecule has 0 aliphatic carbocycles. The molecule has 0 unspecified atom stereocenters. The van der Waals surface area contributed by atoms with Crippen LogP contribution in [0.4, 0.5) is 0 Å². The highest BCUT2D eigenvalue weighted by atomic mass is 35.5.